The average molecular weight is 461 g/mol. The summed E-state index contributed by atoms with van der Waals surface area (Å²) in [5, 5.41) is 2.90. The van der Waals surface area contributed by atoms with Gasteiger partial charge in [-0.2, -0.15) is 0 Å². The van der Waals surface area contributed by atoms with E-state index >= 15 is 0 Å². The maximum absolute atomic E-state index is 13.5. The zero-order valence-electron chi connectivity index (χ0n) is 20.0. The summed E-state index contributed by atoms with van der Waals surface area (Å²) in [6, 6.07) is 24.0. The number of hydrogen-bond donors (Lipinski definition) is 1. The quantitative estimate of drug-likeness (QED) is 0.467. The van der Waals surface area contributed by atoms with Crippen molar-refractivity contribution < 1.29 is 19.1 Å². The highest BCUT2D eigenvalue weighted by Crippen LogP contribution is 2.19. The van der Waals surface area contributed by atoms with Crippen molar-refractivity contribution in [2.75, 3.05) is 20.3 Å². The number of carbonyl (C=O) groups is 2. The lowest BCUT2D eigenvalue weighted by molar-refractivity contribution is -0.142. The van der Waals surface area contributed by atoms with E-state index in [9.17, 15) is 9.59 Å². The zero-order valence-corrected chi connectivity index (χ0v) is 20.0. The molecule has 0 fully saturated rings. The molecule has 34 heavy (non-hydrogen) atoms. The lowest BCUT2D eigenvalue weighted by Gasteiger charge is -2.31. The number of amides is 2. The summed E-state index contributed by atoms with van der Waals surface area (Å²) in [6.07, 6.45) is 0.410. The van der Waals surface area contributed by atoms with Crippen LogP contribution in [0.3, 0.4) is 0 Å². The van der Waals surface area contributed by atoms with Gasteiger partial charge in [-0.1, -0.05) is 54.6 Å². The molecular formula is C28H32N2O4. The second-order valence-electron chi connectivity index (χ2n) is 8.01. The molecule has 0 saturated carbocycles. The second-order valence-corrected chi connectivity index (χ2v) is 8.01. The molecule has 0 aliphatic rings. The Balaban J connectivity index is 1.87. The second kappa shape index (κ2) is 12.4. The van der Waals surface area contributed by atoms with Gasteiger partial charge in [0, 0.05) is 19.5 Å². The van der Waals surface area contributed by atoms with Crippen LogP contribution in [0.1, 0.15) is 23.6 Å². The third-order valence-corrected chi connectivity index (χ3v) is 5.65. The summed E-state index contributed by atoms with van der Waals surface area (Å²) in [5.74, 6) is 0.825. The van der Waals surface area contributed by atoms with E-state index in [-0.39, 0.29) is 18.4 Å². The third-order valence-electron chi connectivity index (χ3n) is 5.65. The smallest absolute Gasteiger partial charge is 0.261 e. The number of benzene rings is 3. The summed E-state index contributed by atoms with van der Waals surface area (Å²) < 4.78 is 11.0. The first-order chi connectivity index (χ1) is 16.5. The topological polar surface area (TPSA) is 67.9 Å². The van der Waals surface area contributed by atoms with E-state index in [1.165, 1.54) is 0 Å². The Hall–Kier alpha value is -3.80. The largest absolute Gasteiger partial charge is 0.497 e. The molecular weight excluding hydrogens is 428 g/mol. The fraction of sp³-hybridized carbons (Fsp3) is 0.286. The molecule has 6 nitrogen and oxygen atoms in total. The highest BCUT2D eigenvalue weighted by molar-refractivity contribution is 5.88. The van der Waals surface area contributed by atoms with Gasteiger partial charge in [-0.15, -0.1) is 0 Å². The molecule has 1 N–H and O–H groups in total. The Kier molecular flexibility index (Phi) is 9.09. The number of carbonyl (C=O) groups excluding carboxylic acids is 2. The van der Waals surface area contributed by atoms with Gasteiger partial charge in [0.1, 0.15) is 17.5 Å². The van der Waals surface area contributed by atoms with Crippen LogP contribution in [0.15, 0.2) is 78.9 Å². The first kappa shape index (κ1) is 24.8. The van der Waals surface area contributed by atoms with Crippen LogP contribution in [0.5, 0.6) is 11.5 Å². The van der Waals surface area contributed by atoms with Crippen LogP contribution in [-0.4, -0.2) is 43.0 Å². The maximum Gasteiger partial charge on any atom is 0.261 e. The third kappa shape index (κ3) is 6.85. The summed E-state index contributed by atoms with van der Waals surface area (Å²) in [6.45, 7) is 4.50. The van der Waals surface area contributed by atoms with Gasteiger partial charge in [-0.25, -0.2) is 0 Å². The van der Waals surface area contributed by atoms with Crippen molar-refractivity contribution in [2.24, 2.45) is 0 Å². The van der Waals surface area contributed by atoms with Crippen molar-refractivity contribution in [2.45, 2.75) is 32.9 Å². The van der Waals surface area contributed by atoms with E-state index < -0.39 is 6.04 Å². The summed E-state index contributed by atoms with van der Waals surface area (Å²) in [7, 11) is 1.59. The van der Waals surface area contributed by atoms with Gasteiger partial charge in [0.05, 0.1) is 7.11 Å². The normalized spacial score (nSPS) is 11.4. The van der Waals surface area contributed by atoms with Crippen molar-refractivity contribution in [1.29, 1.82) is 0 Å². The molecule has 1 atom stereocenters. The minimum Gasteiger partial charge on any atom is -0.497 e. The molecule has 0 heterocycles. The first-order valence-corrected chi connectivity index (χ1v) is 11.4. The van der Waals surface area contributed by atoms with Crippen LogP contribution in [0.2, 0.25) is 0 Å². The highest BCUT2D eigenvalue weighted by atomic mass is 16.5. The summed E-state index contributed by atoms with van der Waals surface area (Å²) >= 11 is 0. The van der Waals surface area contributed by atoms with Crippen molar-refractivity contribution in [3.63, 3.8) is 0 Å². The molecule has 6 heteroatoms. The van der Waals surface area contributed by atoms with Crippen molar-refractivity contribution in [3.05, 3.63) is 95.6 Å². The van der Waals surface area contributed by atoms with E-state index in [0.29, 0.717) is 31.0 Å². The van der Waals surface area contributed by atoms with E-state index in [1.807, 2.05) is 68.4 Å². The van der Waals surface area contributed by atoms with Crippen LogP contribution in [0.4, 0.5) is 0 Å². The molecule has 3 aromatic rings. The van der Waals surface area contributed by atoms with Gasteiger partial charge >= 0.3 is 0 Å². The van der Waals surface area contributed by atoms with Crippen LogP contribution in [0, 0.1) is 6.92 Å². The number of nitrogens with zero attached hydrogens (tertiary/aromatic N) is 1. The number of rotatable bonds is 11. The Morgan fingerprint density at radius 3 is 2.21 bits per heavy atom. The Labute approximate surface area is 201 Å². The molecule has 0 bridgehead atoms. The molecule has 0 aromatic heterocycles. The molecule has 178 valence electrons. The average Bonchev–Trinajstić information content (AvgIpc) is 2.86. The molecule has 3 aromatic carbocycles. The fourth-order valence-electron chi connectivity index (χ4n) is 3.72. The minimum absolute atomic E-state index is 0.178. The molecule has 0 saturated heterocycles. The Bertz CT molecular complexity index is 1070. The minimum atomic E-state index is -0.672. The van der Waals surface area contributed by atoms with Crippen molar-refractivity contribution >= 4 is 11.8 Å². The maximum atomic E-state index is 13.5. The fourth-order valence-corrected chi connectivity index (χ4v) is 3.72. The zero-order chi connectivity index (χ0) is 24.3. The highest BCUT2D eigenvalue weighted by Gasteiger charge is 2.30. The summed E-state index contributed by atoms with van der Waals surface area (Å²) in [5.41, 5.74) is 3.03. The number of hydrogen-bond acceptors (Lipinski definition) is 4. The first-order valence-electron chi connectivity index (χ1n) is 11.4. The van der Waals surface area contributed by atoms with Crippen LogP contribution < -0.4 is 14.8 Å². The Morgan fingerprint density at radius 2 is 1.56 bits per heavy atom. The summed E-state index contributed by atoms with van der Waals surface area (Å²) in [4.78, 5) is 28.3. The monoisotopic (exact) mass is 460 g/mol. The van der Waals surface area contributed by atoms with E-state index in [4.69, 9.17) is 9.47 Å². The van der Waals surface area contributed by atoms with Crippen LogP contribution >= 0.6 is 0 Å². The van der Waals surface area contributed by atoms with Crippen LogP contribution in [-0.2, 0) is 22.6 Å². The molecule has 0 aliphatic heterocycles. The molecule has 3 rings (SSSR count). The lowest BCUT2D eigenvalue weighted by atomic mass is 10.0. The van der Waals surface area contributed by atoms with E-state index in [0.717, 1.165) is 16.7 Å². The Morgan fingerprint density at radius 1 is 0.912 bits per heavy atom. The van der Waals surface area contributed by atoms with Gasteiger partial charge in [0.2, 0.25) is 5.91 Å². The predicted molar refractivity (Wildman–Crippen MR) is 133 cm³/mol. The van der Waals surface area contributed by atoms with E-state index in [1.54, 1.807) is 36.3 Å². The number of aryl methyl sites for hydroxylation is 1. The van der Waals surface area contributed by atoms with Gasteiger partial charge in [-0.3, -0.25) is 9.59 Å². The number of likely N-dealkylation sites (N-methyl/N-ethyl adjacent to an activating group) is 1. The van der Waals surface area contributed by atoms with Gasteiger partial charge in [0.15, 0.2) is 6.61 Å². The number of methoxy groups -OCH3 is 1. The van der Waals surface area contributed by atoms with Crippen molar-refractivity contribution in [1.82, 2.24) is 10.2 Å². The SMILES string of the molecule is CCNC(=O)[C@@H](Cc1ccccc1)N(Cc1ccccc1C)C(=O)COc1ccc(OC)cc1. The molecule has 0 unspecified atom stereocenters. The molecule has 0 spiro atoms. The standard InChI is InChI=1S/C28H32N2O4/c1-4-29-28(32)26(18-22-11-6-5-7-12-22)30(19-23-13-9-8-10-21(23)2)27(31)20-34-25-16-14-24(33-3)15-17-25/h5-17,26H,4,18-20H2,1-3H3,(H,29,32)/t26-/m1/s1. The lowest BCUT2D eigenvalue weighted by Crippen LogP contribution is -2.51. The molecule has 2 amide bonds. The van der Waals surface area contributed by atoms with Gasteiger partial charge in [-0.05, 0) is 54.8 Å². The number of nitrogens with one attached hydrogen (secondary N) is 1. The predicted octanol–water partition coefficient (Wildman–Crippen LogP) is 4.16. The van der Waals surface area contributed by atoms with Gasteiger partial charge < -0.3 is 19.7 Å². The molecule has 0 aliphatic carbocycles. The van der Waals surface area contributed by atoms with Gasteiger partial charge in [0.25, 0.3) is 5.91 Å². The van der Waals surface area contributed by atoms with Crippen LogP contribution in [0.25, 0.3) is 0 Å². The molecule has 0 radical (unpaired) electrons. The van der Waals surface area contributed by atoms with E-state index in [2.05, 4.69) is 5.32 Å². The number of ether oxygens (including phenoxy) is 2. The van der Waals surface area contributed by atoms with Crippen molar-refractivity contribution in [3.8, 4) is 11.5 Å².